The van der Waals surface area contributed by atoms with Crippen molar-refractivity contribution < 1.29 is 27.5 Å². The van der Waals surface area contributed by atoms with E-state index < -0.39 is 15.9 Å². The van der Waals surface area contributed by atoms with Crippen molar-refractivity contribution in [3.8, 4) is 5.75 Å². The number of carbonyl (C=O) groups excluding carboxylic acids is 2. The van der Waals surface area contributed by atoms with Crippen molar-refractivity contribution >= 4 is 33.2 Å². The van der Waals surface area contributed by atoms with E-state index in [-0.39, 0.29) is 17.4 Å². The number of sulfonamides is 1. The summed E-state index contributed by atoms with van der Waals surface area (Å²) in [5, 5.41) is 2.83. The van der Waals surface area contributed by atoms with Gasteiger partial charge in [0.15, 0.2) is 6.61 Å². The maximum Gasteiger partial charge on any atom is 0.265 e. The molecule has 1 saturated heterocycles. The largest absolute Gasteiger partial charge is 0.482 e. The Morgan fingerprint density at radius 1 is 1.00 bits per heavy atom. The zero-order chi connectivity index (χ0) is 26.0. The van der Waals surface area contributed by atoms with Crippen LogP contribution in [0.15, 0.2) is 71.6 Å². The SMILES string of the molecule is Cc1ccccc1CN1C(=O)COc2ccc(NC(=O)c3ccc(S(=O)(=O)N4CCOCC4)cc3)cc21. The molecule has 10 heteroatoms. The van der Waals surface area contributed by atoms with E-state index in [1.807, 2.05) is 31.2 Å². The molecular formula is C27H27N3O6S. The van der Waals surface area contributed by atoms with Crippen LogP contribution in [0.5, 0.6) is 5.75 Å². The first-order chi connectivity index (χ1) is 17.8. The lowest BCUT2D eigenvalue weighted by atomic mass is 10.1. The van der Waals surface area contributed by atoms with Crippen molar-refractivity contribution in [3.05, 3.63) is 83.4 Å². The van der Waals surface area contributed by atoms with Crippen molar-refractivity contribution in [2.24, 2.45) is 0 Å². The second-order valence-corrected chi connectivity index (χ2v) is 10.8. The van der Waals surface area contributed by atoms with Gasteiger partial charge in [-0.2, -0.15) is 4.31 Å². The summed E-state index contributed by atoms with van der Waals surface area (Å²) in [7, 11) is -3.64. The Balaban J connectivity index is 1.33. The van der Waals surface area contributed by atoms with Crippen molar-refractivity contribution in [2.75, 3.05) is 43.1 Å². The Bertz CT molecular complexity index is 1430. The van der Waals surface area contributed by atoms with Crippen molar-refractivity contribution in [3.63, 3.8) is 0 Å². The van der Waals surface area contributed by atoms with Gasteiger partial charge in [0, 0.05) is 24.3 Å². The number of ether oxygens (including phenoxy) is 2. The fourth-order valence-corrected chi connectivity index (χ4v) is 5.74. The zero-order valence-electron chi connectivity index (χ0n) is 20.3. The van der Waals surface area contributed by atoms with Crippen LogP contribution in [0.1, 0.15) is 21.5 Å². The van der Waals surface area contributed by atoms with Gasteiger partial charge in [-0.25, -0.2) is 8.42 Å². The van der Waals surface area contributed by atoms with Gasteiger partial charge in [0.05, 0.1) is 30.3 Å². The first-order valence-corrected chi connectivity index (χ1v) is 13.4. The number of morpholine rings is 1. The molecule has 2 aliphatic heterocycles. The Morgan fingerprint density at radius 3 is 2.46 bits per heavy atom. The van der Waals surface area contributed by atoms with E-state index >= 15 is 0 Å². The van der Waals surface area contributed by atoms with Crippen molar-refractivity contribution in [1.82, 2.24) is 4.31 Å². The lowest BCUT2D eigenvalue weighted by molar-refractivity contribution is -0.121. The average Bonchev–Trinajstić information content (AvgIpc) is 2.92. The highest BCUT2D eigenvalue weighted by molar-refractivity contribution is 7.89. The topological polar surface area (TPSA) is 105 Å². The van der Waals surface area contributed by atoms with Gasteiger partial charge >= 0.3 is 0 Å². The Kier molecular flexibility index (Phi) is 6.96. The Hall–Kier alpha value is -3.73. The van der Waals surface area contributed by atoms with Crippen LogP contribution in [0, 0.1) is 6.92 Å². The Labute approximate surface area is 215 Å². The summed E-state index contributed by atoms with van der Waals surface area (Å²) in [5.41, 5.74) is 3.46. The zero-order valence-corrected chi connectivity index (χ0v) is 21.2. The number of hydrogen-bond acceptors (Lipinski definition) is 6. The molecule has 0 atom stereocenters. The van der Waals surface area contributed by atoms with Gasteiger partial charge in [-0.3, -0.25) is 9.59 Å². The Morgan fingerprint density at radius 2 is 1.73 bits per heavy atom. The highest BCUT2D eigenvalue weighted by atomic mass is 32.2. The molecule has 5 rings (SSSR count). The molecular weight excluding hydrogens is 494 g/mol. The van der Waals surface area contributed by atoms with Crippen LogP contribution in [0.3, 0.4) is 0 Å². The van der Waals surface area contributed by atoms with Gasteiger partial charge in [0.2, 0.25) is 10.0 Å². The standard InChI is InChI=1S/C27H27N3O6S/c1-19-4-2-3-5-21(19)17-30-24-16-22(8-11-25(24)36-18-26(30)31)28-27(32)20-6-9-23(10-7-20)37(33,34)29-12-14-35-15-13-29/h2-11,16H,12-15,17-18H2,1H3,(H,28,32). The van der Waals surface area contributed by atoms with E-state index in [0.29, 0.717) is 55.5 Å². The molecule has 0 spiro atoms. The molecule has 1 fully saturated rings. The fourth-order valence-electron chi connectivity index (χ4n) is 4.33. The van der Waals surface area contributed by atoms with E-state index in [0.717, 1.165) is 11.1 Å². The summed E-state index contributed by atoms with van der Waals surface area (Å²) >= 11 is 0. The number of benzene rings is 3. The lowest BCUT2D eigenvalue weighted by Crippen LogP contribution is -2.40. The second kappa shape index (κ2) is 10.3. The van der Waals surface area contributed by atoms with Gasteiger partial charge in [0.1, 0.15) is 5.75 Å². The van der Waals surface area contributed by atoms with Crippen LogP contribution >= 0.6 is 0 Å². The van der Waals surface area contributed by atoms with Crippen LogP contribution in [-0.2, 0) is 26.1 Å². The number of hydrogen-bond donors (Lipinski definition) is 1. The number of anilines is 2. The molecule has 192 valence electrons. The van der Waals surface area contributed by atoms with Gasteiger partial charge in [-0.05, 0) is 60.5 Å². The first kappa shape index (κ1) is 24.9. The molecule has 0 saturated carbocycles. The van der Waals surface area contributed by atoms with Crippen LogP contribution < -0.4 is 15.0 Å². The van der Waals surface area contributed by atoms with Gasteiger partial charge in [0.25, 0.3) is 11.8 Å². The molecule has 2 amide bonds. The summed E-state index contributed by atoms with van der Waals surface area (Å²) in [6.45, 7) is 3.66. The smallest absolute Gasteiger partial charge is 0.265 e. The molecule has 2 aliphatic rings. The molecule has 2 heterocycles. The number of fused-ring (bicyclic) bond motifs is 1. The predicted molar refractivity (Wildman–Crippen MR) is 138 cm³/mol. The average molecular weight is 522 g/mol. The monoisotopic (exact) mass is 521 g/mol. The molecule has 0 bridgehead atoms. The summed E-state index contributed by atoms with van der Waals surface area (Å²) < 4.78 is 37.9. The molecule has 3 aromatic carbocycles. The third-order valence-corrected chi connectivity index (χ3v) is 8.39. The van der Waals surface area contributed by atoms with Crippen LogP contribution in [0.25, 0.3) is 0 Å². The van der Waals surface area contributed by atoms with Gasteiger partial charge in [-0.15, -0.1) is 0 Å². The highest BCUT2D eigenvalue weighted by Gasteiger charge is 2.28. The number of nitrogens with one attached hydrogen (secondary N) is 1. The summed E-state index contributed by atoms with van der Waals surface area (Å²) in [6, 6.07) is 18.8. The second-order valence-electron chi connectivity index (χ2n) is 8.87. The number of aryl methyl sites for hydroxylation is 1. The minimum atomic E-state index is -3.64. The number of carbonyl (C=O) groups is 2. The quantitative estimate of drug-likeness (QED) is 0.534. The van der Waals surface area contributed by atoms with Gasteiger partial charge in [-0.1, -0.05) is 24.3 Å². The third kappa shape index (κ3) is 5.22. The summed E-state index contributed by atoms with van der Waals surface area (Å²) in [5.74, 6) is -0.0103. The van der Waals surface area contributed by atoms with Crippen molar-refractivity contribution in [2.45, 2.75) is 18.4 Å². The van der Waals surface area contributed by atoms with E-state index in [2.05, 4.69) is 5.32 Å². The third-order valence-electron chi connectivity index (χ3n) is 6.47. The fraction of sp³-hybridized carbons (Fsp3) is 0.259. The molecule has 37 heavy (non-hydrogen) atoms. The van der Waals surface area contributed by atoms with E-state index in [1.165, 1.54) is 28.6 Å². The first-order valence-electron chi connectivity index (χ1n) is 11.9. The molecule has 1 N–H and O–H groups in total. The van der Waals surface area contributed by atoms with Crippen LogP contribution in [0.2, 0.25) is 0 Å². The van der Waals surface area contributed by atoms with E-state index in [9.17, 15) is 18.0 Å². The number of rotatable bonds is 6. The van der Waals surface area contributed by atoms with Crippen molar-refractivity contribution in [1.29, 1.82) is 0 Å². The normalized spacial score (nSPS) is 16.1. The van der Waals surface area contributed by atoms with E-state index in [1.54, 1.807) is 23.1 Å². The number of nitrogens with zero attached hydrogens (tertiary/aromatic N) is 2. The molecule has 0 aromatic heterocycles. The molecule has 0 radical (unpaired) electrons. The minimum Gasteiger partial charge on any atom is -0.482 e. The lowest BCUT2D eigenvalue weighted by Gasteiger charge is -2.30. The molecule has 3 aromatic rings. The van der Waals surface area contributed by atoms with Gasteiger partial charge < -0.3 is 19.7 Å². The highest BCUT2D eigenvalue weighted by Crippen LogP contribution is 2.36. The number of amides is 2. The van der Waals surface area contributed by atoms with Crippen LogP contribution in [0.4, 0.5) is 11.4 Å². The summed E-state index contributed by atoms with van der Waals surface area (Å²) in [6.07, 6.45) is 0. The molecule has 0 unspecified atom stereocenters. The summed E-state index contributed by atoms with van der Waals surface area (Å²) in [4.78, 5) is 27.4. The molecule has 9 nitrogen and oxygen atoms in total. The molecule has 0 aliphatic carbocycles. The predicted octanol–water partition coefficient (Wildman–Crippen LogP) is 3.19. The maximum absolute atomic E-state index is 12.9. The van der Waals surface area contributed by atoms with E-state index in [4.69, 9.17) is 9.47 Å². The minimum absolute atomic E-state index is 0.0513. The van der Waals surface area contributed by atoms with Crippen LogP contribution in [-0.4, -0.2) is 57.4 Å². The maximum atomic E-state index is 12.9.